The van der Waals surface area contributed by atoms with Crippen LogP contribution in [-0.4, -0.2) is 73.1 Å². The predicted octanol–water partition coefficient (Wildman–Crippen LogP) is 1.62. The van der Waals surface area contributed by atoms with Crippen LogP contribution < -0.4 is 20.7 Å². The Morgan fingerprint density at radius 2 is 1.81 bits per heavy atom. The lowest BCUT2D eigenvalue weighted by Crippen LogP contribution is -2.53. The number of halogens is 1. The van der Waals surface area contributed by atoms with Gasteiger partial charge >= 0.3 is 0 Å². The van der Waals surface area contributed by atoms with E-state index < -0.39 is 11.9 Å². The van der Waals surface area contributed by atoms with Gasteiger partial charge in [-0.05, 0) is 43.5 Å². The quantitative estimate of drug-likeness (QED) is 0.685. The first-order valence-electron chi connectivity index (χ1n) is 11.3. The molecule has 2 aliphatic heterocycles. The number of amides is 1. The van der Waals surface area contributed by atoms with Gasteiger partial charge in [0, 0.05) is 57.9 Å². The summed E-state index contributed by atoms with van der Waals surface area (Å²) in [5.41, 5.74) is 1.36. The minimum atomic E-state index is -0.601. The van der Waals surface area contributed by atoms with Gasteiger partial charge in [-0.15, -0.1) is 0 Å². The zero-order valence-electron chi connectivity index (χ0n) is 18.7. The molecule has 0 radical (unpaired) electrons. The molecule has 9 heteroatoms. The topological polar surface area (TPSA) is 84.6 Å². The first-order chi connectivity index (χ1) is 15.5. The van der Waals surface area contributed by atoms with Crippen molar-refractivity contribution in [3.8, 4) is 0 Å². The number of aromatic nitrogens is 2. The molecular formula is C23H31FN6O2. The monoisotopic (exact) mass is 442 g/mol. The first kappa shape index (κ1) is 22.3. The molecule has 0 atom stereocenters. The van der Waals surface area contributed by atoms with E-state index in [1.165, 1.54) is 7.05 Å². The number of carbonyl (C=O) groups is 1. The van der Waals surface area contributed by atoms with E-state index in [9.17, 15) is 14.0 Å². The van der Waals surface area contributed by atoms with Gasteiger partial charge in [-0.25, -0.2) is 4.98 Å². The Kier molecular flexibility index (Phi) is 6.74. The highest BCUT2D eigenvalue weighted by Crippen LogP contribution is 2.24. The second kappa shape index (κ2) is 9.68. The van der Waals surface area contributed by atoms with Gasteiger partial charge in [0.2, 0.25) is 5.95 Å². The molecule has 2 aromatic heterocycles. The molecule has 0 bridgehead atoms. The van der Waals surface area contributed by atoms with Gasteiger partial charge < -0.3 is 20.1 Å². The van der Waals surface area contributed by atoms with Crippen molar-refractivity contribution in [1.82, 2.24) is 20.2 Å². The number of aryl methyl sites for hydroxylation is 1. The van der Waals surface area contributed by atoms with Crippen LogP contribution in [0, 0.1) is 5.95 Å². The fourth-order valence-corrected chi connectivity index (χ4v) is 4.67. The summed E-state index contributed by atoms with van der Waals surface area (Å²) >= 11 is 0. The molecule has 1 amide bonds. The summed E-state index contributed by atoms with van der Waals surface area (Å²) in [5.74, 6) is -0.0911. The standard InChI is InChI=1S/C23H31FN6O2/c1-3-16-4-7-20(27-22(16)31)30-10-8-17(9-11-30)28-12-14-29(15-13-28)19-6-5-18(23(32)25-2)26-21(19)24/h4-7,17H,3,8-15H2,1-2H3,(H,25,32)(H,27,31). The zero-order chi connectivity index (χ0) is 22.7. The molecule has 172 valence electrons. The number of piperazine rings is 1. The van der Waals surface area contributed by atoms with Crippen LogP contribution in [0.1, 0.15) is 35.8 Å². The summed E-state index contributed by atoms with van der Waals surface area (Å²) in [6, 6.07) is 7.64. The number of hydrogen-bond donors (Lipinski definition) is 2. The van der Waals surface area contributed by atoms with Gasteiger partial charge in [0.15, 0.2) is 0 Å². The molecule has 4 heterocycles. The number of nitrogens with zero attached hydrogens (tertiary/aromatic N) is 4. The molecular weight excluding hydrogens is 411 g/mol. The van der Waals surface area contributed by atoms with Crippen LogP contribution in [0.25, 0.3) is 0 Å². The summed E-state index contributed by atoms with van der Waals surface area (Å²) in [7, 11) is 1.50. The number of aromatic amines is 1. The minimum absolute atomic E-state index is 0.00771. The summed E-state index contributed by atoms with van der Waals surface area (Å²) in [6.07, 6.45) is 2.81. The summed E-state index contributed by atoms with van der Waals surface area (Å²) in [5, 5.41) is 2.46. The second-order valence-electron chi connectivity index (χ2n) is 8.38. The molecule has 0 unspecified atom stereocenters. The third-order valence-corrected chi connectivity index (χ3v) is 6.62. The highest BCUT2D eigenvalue weighted by atomic mass is 19.1. The largest absolute Gasteiger partial charge is 0.365 e. The van der Waals surface area contributed by atoms with E-state index in [0.717, 1.165) is 69.9 Å². The Morgan fingerprint density at radius 1 is 1.09 bits per heavy atom. The van der Waals surface area contributed by atoms with Crippen molar-refractivity contribution in [2.45, 2.75) is 32.2 Å². The van der Waals surface area contributed by atoms with Crippen molar-refractivity contribution >= 4 is 17.4 Å². The van der Waals surface area contributed by atoms with Crippen LogP contribution in [0.2, 0.25) is 0 Å². The fourth-order valence-electron chi connectivity index (χ4n) is 4.67. The van der Waals surface area contributed by atoms with Crippen LogP contribution in [0.4, 0.5) is 15.9 Å². The van der Waals surface area contributed by atoms with Crippen molar-refractivity contribution in [3.63, 3.8) is 0 Å². The number of carbonyl (C=O) groups excluding carboxylic acids is 1. The van der Waals surface area contributed by atoms with Crippen LogP contribution in [0.5, 0.6) is 0 Å². The van der Waals surface area contributed by atoms with E-state index in [2.05, 4.69) is 25.1 Å². The van der Waals surface area contributed by atoms with Gasteiger partial charge in [0.05, 0.1) is 5.69 Å². The third-order valence-electron chi connectivity index (χ3n) is 6.62. The molecule has 2 fully saturated rings. The molecule has 0 aliphatic carbocycles. The zero-order valence-corrected chi connectivity index (χ0v) is 18.7. The minimum Gasteiger partial charge on any atom is -0.365 e. The summed E-state index contributed by atoms with van der Waals surface area (Å²) < 4.78 is 14.5. The van der Waals surface area contributed by atoms with E-state index >= 15 is 0 Å². The number of piperidine rings is 1. The van der Waals surface area contributed by atoms with E-state index in [4.69, 9.17) is 0 Å². The van der Waals surface area contributed by atoms with Crippen LogP contribution >= 0.6 is 0 Å². The number of rotatable bonds is 5. The lowest BCUT2D eigenvalue weighted by molar-refractivity contribution is 0.0957. The number of H-pyrrole nitrogens is 1. The van der Waals surface area contributed by atoms with Crippen molar-refractivity contribution in [1.29, 1.82) is 0 Å². The van der Waals surface area contributed by atoms with E-state index in [-0.39, 0.29) is 11.3 Å². The van der Waals surface area contributed by atoms with E-state index in [0.29, 0.717) is 11.7 Å². The van der Waals surface area contributed by atoms with Crippen molar-refractivity contribution in [2.24, 2.45) is 0 Å². The molecule has 2 aliphatic rings. The lowest BCUT2D eigenvalue weighted by atomic mass is 10.0. The number of anilines is 2. The average molecular weight is 443 g/mol. The molecule has 4 rings (SSSR count). The summed E-state index contributed by atoms with van der Waals surface area (Å²) in [4.78, 5) is 37.3. The van der Waals surface area contributed by atoms with Crippen LogP contribution in [0.15, 0.2) is 29.1 Å². The molecule has 2 saturated heterocycles. The normalized spacial score (nSPS) is 18.1. The Labute approximate surface area is 187 Å². The molecule has 8 nitrogen and oxygen atoms in total. The maximum atomic E-state index is 14.5. The lowest BCUT2D eigenvalue weighted by Gasteiger charge is -2.43. The van der Waals surface area contributed by atoms with E-state index in [1.807, 2.05) is 24.0 Å². The Morgan fingerprint density at radius 3 is 2.41 bits per heavy atom. The SMILES string of the molecule is CCc1ccc(N2CCC(N3CCN(c4ccc(C(=O)NC)nc4F)CC3)CC2)[nH]c1=O. The molecule has 2 aromatic rings. The predicted molar refractivity (Wildman–Crippen MR) is 123 cm³/mol. The Hall–Kier alpha value is -2.94. The average Bonchev–Trinajstić information content (AvgIpc) is 2.83. The molecule has 0 spiro atoms. The van der Waals surface area contributed by atoms with Crippen molar-refractivity contribution < 1.29 is 9.18 Å². The van der Waals surface area contributed by atoms with Gasteiger partial charge in [-0.2, -0.15) is 4.39 Å². The highest BCUT2D eigenvalue weighted by Gasteiger charge is 2.29. The molecule has 2 N–H and O–H groups in total. The molecule has 0 aromatic carbocycles. The van der Waals surface area contributed by atoms with Crippen molar-refractivity contribution in [2.75, 3.05) is 56.1 Å². The smallest absolute Gasteiger partial charge is 0.269 e. The highest BCUT2D eigenvalue weighted by molar-refractivity contribution is 5.92. The maximum Gasteiger partial charge on any atom is 0.269 e. The number of pyridine rings is 2. The third kappa shape index (κ3) is 4.62. The van der Waals surface area contributed by atoms with Crippen LogP contribution in [0.3, 0.4) is 0 Å². The van der Waals surface area contributed by atoms with Gasteiger partial charge in [-0.3, -0.25) is 14.5 Å². The van der Waals surface area contributed by atoms with Crippen molar-refractivity contribution in [3.05, 3.63) is 51.8 Å². The van der Waals surface area contributed by atoms with E-state index in [1.54, 1.807) is 12.1 Å². The fraction of sp³-hybridized carbons (Fsp3) is 0.522. The maximum absolute atomic E-state index is 14.5. The molecule has 0 saturated carbocycles. The Balaban J connectivity index is 1.30. The number of hydrogen-bond acceptors (Lipinski definition) is 6. The van der Waals surface area contributed by atoms with Crippen LogP contribution in [-0.2, 0) is 6.42 Å². The van der Waals surface area contributed by atoms with Gasteiger partial charge in [0.1, 0.15) is 11.5 Å². The van der Waals surface area contributed by atoms with Gasteiger partial charge in [0.25, 0.3) is 11.5 Å². The first-order valence-corrected chi connectivity index (χ1v) is 11.3. The summed E-state index contributed by atoms with van der Waals surface area (Å²) in [6.45, 7) is 6.98. The van der Waals surface area contributed by atoms with Gasteiger partial charge in [-0.1, -0.05) is 6.92 Å². The Bertz CT molecular complexity index is 1010. The molecule has 32 heavy (non-hydrogen) atoms. The number of nitrogens with one attached hydrogen (secondary N) is 2. The second-order valence-corrected chi connectivity index (χ2v) is 8.38.